The maximum atomic E-state index is 11.9. The summed E-state index contributed by atoms with van der Waals surface area (Å²) >= 11 is 1.10. The first-order valence-corrected chi connectivity index (χ1v) is 7.23. The lowest BCUT2D eigenvalue weighted by molar-refractivity contribution is -0.111. The number of amides is 1. The number of aromatic carboxylic acids is 1. The third-order valence-corrected chi connectivity index (χ3v) is 4.11. The largest absolute Gasteiger partial charge is 0.477 e. The van der Waals surface area contributed by atoms with Crippen LogP contribution in [0.5, 0.6) is 0 Å². The van der Waals surface area contributed by atoms with E-state index in [-0.39, 0.29) is 10.8 Å². The Labute approximate surface area is 126 Å². The number of nitrogens with one attached hydrogen (secondary N) is 1. The molecule has 21 heavy (non-hydrogen) atoms. The summed E-state index contributed by atoms with van der Waals surface area (Å²) in [5, 5.41) is 13.4. The SMILES string of the molecule is Cc1ccccc1/C=C/C(=O)Nc1c(C)csc1C(=O)O. The molecular weight excluding hydrogens is 286 g/mol. The Kier molecular flexibility index (Phi) is 4.55. The van der Waals surface area contributed by atoms with Crippen molar-refractivity contribution in [3.05, 3.63) is 57.3 Å². The van der Waals surface area contributed by atoms with E-state index in [9.17, 15) is 9.59 Å². The Morgan fingerprint density at radius 1 is 1.19 bits per heavy atom. The highest BCUT2D eigenvalue weighted by molar-refractivity contribution is 7.12. The predicted molar refractivity (Wildman–Crippen MR) is 84.9 cm³/mol. The fraction of sp³-hybridized carbons (Fsp3) is 0.125. The summed E-state index contributed by atoms with van der Waals surface area (Å²) in [4.78, 5) is 23.2. The molecule has 0 spiro atoms. The minimum atomic E-state index is -1.04. The van der Waals surface area contributed by atoms with Gasteiger partial charge in [-0.3, -0.25) is 4.79 Å². The highest BCUT2D eigenvalue weighted by Crippen LogP contribution is 2.27. The smallest absolute Gasteiger partial charge is 0.348 e. The van der Waals surface area contributed by atoms with E-state index < -0.39 is 5.97 Å². The van der Waals surface area contributed by atoms with Gasteiger partial charge in [-0.15, -0.1) is 11.3 Å². The van der Waals surface area contributed by atoms with Crippen LogP contribution in [0.2, 0.25) is 0 Å². The second-order valence-electron chi connectivity index (χ2n) is 4.61. The first kappa shape index (κ1) is 15.0. The molecule has 0 aliphatic heterocycles. The molecule has 0 aliphatic rings. The number of aryl methyl sites for hydroxylation is 2. The van der Waals surface area contributed by atoms with E-state index in [2.05, 4.69) is 5.32 Å². The van der Waals surface area contributed by atoms with Crippen LogP contribution in [0.15, 0.2) is 35.7 Å². The van der Waals surface area contributed by atoms with Gasteiger partial charge in [-0.05, 0) is 42.0 Å². The Balaban J connectivity index is 2.14. The number of carboxylic acids is 1. The van der Waals surface area contributed by atoms with Crippen LogP contribution < -0.4 is 5.32 Å². The van der Waals surface area contributed by atoms with Crippen LogP contribution in [0.25, 0.3) is 6.08 Å². The number of thiophene rings is 1. The van der Waals surface area contributed by atoms with Gasteiger partial charge in [-0.25, -0.2) is 4.79 Å². The van der Waals surface area contributed by atoms with E-state index >= 15 is 0 Å². The minimum Gasteiger partial charge on any atom is -0.477 e. The predicted octanol–water partition coefficient (Wildman–Crippen LogP) is 3.72. The molecule has 0 atom stereocenters. The Hall–Kier alpha value is -2.40. The van der Waals surface area contributed by atoms with Crippen LogP contribution in [0.3, 0.4) is 0 Å². The number of rotatable bonds is 4. The van der Waals surface area contributed by atoms with Crippen LogP contribution >= 0.6 is 11.3 Å². The van der Waals surface area contributed by atoms with E-state index in [4.69, 9.17) is 5.11 Å². The van der Waals surface area contributed by atoms with Crippen molar-refractivity contribution in [1.82, 2.24) is 0 Å². The summed E-state index contributed by atoms with van der Waals surface area (Å²) in [5.41, 5.74) is 3.13. The summed E-state index contributed by atoms with van der Waals surface area (Å²) in [7, 11) is 0. The third kappa shape index (κ3) is 3.58. The number of hydrogen-bond donors (Lipinski definition) is 2. The maximum Gasteiger partial charge on any atom is 0.348 e. The van der Waals surface area contributed by atoms with E-state index in [1.54, 1.807) is 18.4 Å². The van der Waals surface area contributed by atoms with Crippen molar-refractivity contribution in [2.24, 2.45) is 0 Å². The lowest BCUT2D eigenvalue weighted by Gasteiger charge is -2.03. The van der Waals surface area contributed by atoms with Crippen molar-refractivity contribution >= 4 is 35.0 Å². The molecule has 1 heterocycles. The first-order valence-electron chi connectivity index (χ1n) is 6.35. The number of carboxylic acid groups (broad SMARTS) is 1. The Morgan fingerprint density at radius 3 is 2.57 bits per heavy atom. The van der Waals surface area contributed by atoms with Gasteiger partial charge in [0.25, 0.3) is 0 Å². The van der Waals surface area contributed by atoms with E-state index in [1.807, 2.05) is 31.2 Å². The Morgan fingerprint density at radius 2 is 1.90 bits per heavy atom. The van der Waals surface area contributed by atoms with Gasteiger partial charge in [0.05, 0.1) is 5.69 Å². The molecule has 2 N–H and O–H groups in total. The second kappa shape index (κ2) is 6.37. The van der Waals surface area contributed by atoms with E-state index in [1.165, 1.54) is 6.08 Å². The molecule has 4 nitrogen and oxygen atoms in total. The average molecular weight is 301 g/mol. The van der Waals surface area contributed by atoms with Crippen LogP contribution in [-0.2, 0) is 4.79 Å². The quantitative estimate of drug-likeness (QED) is 0.846. The molecule has 108 valence electrons. The number of hydrogen-bond acceptors (Lipinski definition) is 3. The third-order valence-electron chi connectivity index (χ3n) is 3.02. The number of anilines is 1. The summed E-state index contributed by atoms with van der Waals surface area (Å²) in [6.07, 6.45) is 3.12. The zero-order chi connectivity index (χ0) is 15.4. The minimum absolute atomic E-state index is 0.144. The lowest BCUT2D eigenvalue weighted by atomic mass is 10.1. The van der Waals surface area contributed by atoms with Gasteiger partial charge in [0.2, 0.25) is 5.91 Å². The molecule has 1 aromatic carbocycles. The molecule has 2 aromatic rings. The fourth-order valence-electron chi connectivity index (χ4n) is 1.86. The van der Waals surface area contributed by atoms with Gasteiger partial charge in [0, 0.05) is 6.08 Å². The average Bonchev–Trinajstić information content (AvgIpc) is 2.79. The van der Waals surface area contributed by atoms with Crippen molar-refractivity contribution < 1.29 is 14.7 Å². The fourth-order valence-corrected chi connectivity index (χ4v) is 2.70. The van der Waals surface area contributed by atoms with Crippen LogP contribution in [-0.4, -0.2) is 17.0 Å². The lowest BCUT2D eigenvalue weighted by Crippen LogP contribution is -2.11. The molecule has 2 rings (SSSR count). The van der Waals surface area contributed by atoms with Gasteiger partial charge in [0.1, 0.15) is 4.88 Å². The summed E-state index contributed by atoms with van der Waals surface area (Å²) in [6, 6.07) is 7.71. The molecule has 5 heteroatoms. The highest BCUT2D eigenvalue weighted by atomic mass is 32.1. The topological polar surface area (TPSA) is 66.4 Å². The molecule has 0 bridgehead atoms. The van der Waals surface area contributed by atoms with Crippen molar-refractivity contribution in [3.8, 4) is 0 Å². The van der Waals surface area contributed by atoms with Gasteiger partial charge in [-0.1, -0.05) is 24.3 Å². The van der Waals surface area contributed by atoms with Crippen molar-refractivity contribution in [1.29, 1.82) is 0 Å². The van der Waals surface area contributed by atoms with Crippen LogP contribution in [0.1, 0.15) is 26.4 Å². The maximum absolute atomic E-state index is 11.9. The number of benzene rings is 1. The van der Waals surface area contributed by atoms with Gasteiger partial charge < -0.3 is 10.4 Å². The number of carbonyl (C=O) groups excluding carboxylic acids is 1. The molecule has 0 saturated carbocycles. The standard InChI is InChI=1S/C16H15NO3S/c1-10-5-3-4-6-12(10)7-8-13(18)17-14-11(2)9-21-15(14)16(19)20/h3-9H,1-2H3,(H,17,18)(H,19,20)/b8-7+. The van der Waals surface area contributed by atoms with E-state index in [0.29, 0.717) is 5.69 Å². The summed E-state index contributed by atoms with van der Waals surface area (Å²) in [6.45, 7) is 3.73. The monoisotopic (exact) mass is 301 g/mol. The van der Waals surface area contributed by atoms with Crippen molar-refractivity contribution in [2.45, 2.75) is 13.8 Å². The van der Waals surface area contributed by atoms with Crippen molar-refractivity contribution in [3.63, 3.8) is 0 Å². The molecule has 0 unspecified atom stereocenters. The molecular formula is C16H15NO3S. The van der Waals surface area contributed by atoms with Crippen LogP contribution in [0, 0.1) is 13.8 Å². The summed E-state index contributed by atoms with van der Waals surface area (Å²) in [5.74, 6) is -1.38. The zero-order valence-electron chi connectivity index (χ0n) is 11.7. The molecule has 0 aliphatic carbocycles. The van der Waals surface area contributed by atoms with Crippen LogP contribution in [0.4, 0.5) is 5.69 Å². The zero-order valence-corrected chi connectivity index (χ0v) is 12.5. The second-order valence-corrected chi connectivity index (χ2v) is 5.49. The molecule has 1 amide bonds. The molecule has 0 saturated heterocycles. The molecule has 1 aromatic heterocycles. The van der Waals surface area contributed by atoms with Gasteiger partial charge in [0.15, 0.2) is 0 Å². The van der Waals surface area contributed by atoms with Gasteiger partial charge >= 0.3 is 5.97 Å². The molecule has 0 fully saturated rings. The first-order chi connectivity index (χ1) is 9.99. The molecule has 0 radical (unpaired) electrons. The summed E-state index contributed by atoms with van der Waals surface area (Å²) < 4.78 is 0. The Bertz CT molecular complexity index is 716. The van der Waals surface area contributed by atoms with Crippen molar-refractivity contribution in [2.75, 3.05) is 5.32 Å². The van der Waals surface area contributed by atoms with Gasteiger partial charge in [-0.2, -0.15) is 0 Å². The normalized spacial score (nSPS) is 10.8. The van der Waals surface area contributed by atoms with E-state index in [0.717, 1.165) is 28.0 Å². The highest BCUT2D eigenvalue weighted by Gasteiger charge is 2.16. The number of carbonyl (C=O) groups is 2.